The van der Waals surface area contributed by atoms with Crippen molar-refractivity contribution in [3.05, 3.63) is 42.4 Å². The zero-order chi connectivity index (χ0) is 14.5. The molecule has 2 rings (SSSR count). The zero-order valence-corrected chi connectivity index (χ0v) is 12.1. The first-order chi connectivity index (χ1) is 9.54. The van der Waals surface area contributed by atoms with Crippen LogP contribution < -0.4 is 15.8 Å². The van der Waals surface area contributed by atoms with Crippen LogP contribution in [-0.2, 0) is 0 Å². The van der Waals surface area contributed by atoms with Gasteiger partial charge in [0.1, 0.15) is 22.2 Å². The SMILES string of the molecule is CC(C)Oc1ccc(Nc2cnc(C(N)=S)cn2)cc1. The average molecular weight is 288 g/mol. The van der Waals surface area contributed by atoms with E-state index in [9.17, 15) is 0 Å². The number of aromatic nitrogens is 2. The summed E-state index contributed by atoms with van der Waals surface area (Å²) in [5, 5.41) is 3.14. The summed E-state index contributed by atoms with van der Waals surface area (Å²) in [6, 6.07) is 7.64. The van der Waals surface area contributed by atoms with E-state index in [2.05, 4.69) is 15.3 Å². The molecule has 3 N–H and O–H groups in total. The maximum Gasteiger partial charge on any atom is 0.148 e. The van der Waals surface area contributed by atoms with E-state index in [0.29, 0.717) is 11.5 Å². The fourth-order valence-electron chi connectivity index (χ4n) is 1.56. The molecule has 2 aromatic rings. The largest absolute Gasteiger partial charge is 0.491 e. The van der Waals surface area contributed by atoms with Gasteiger partial charge in [-0.25, -0.2) is 9.97 Å². The molecule has 0 saturated carbocycles. The van der Waals surface area contributed by atoms with Gasteiger partial charge in [-0.15, -0.1) is 0 Å². The van der Waals surface area contributed by atoms with E-state index in [1.165, 1.54) is 0 Å². The Morgan fingerprint density at radius 3 is 2.40 bits per heavy atom. The van der Waals surface area contributed by atoms with Crippen LogP contribution in [0, 0.1) is 0 Å². The topological polar surface area (TPSA) is 73.1 Å². The van der Waals surface area contributed by atoms with E-state index in [-0.39, 0.29) is 11.1 Å². The molecular formula is C14H16N4OS. The third-order valence-corrected chi connectivity index (χ3v) is 2.61. The highest BCUT2D eigenvalue weighted by Crippen LogP contribution is 2.19. The van der Waals surface area contributed by atoms with E-state index in [1.807, 2.05) is 38.1 Å². The highest BCUT2D eigenvalue weighted by Gasteiger charge is 2.01. The van der Waals surface area contributed by atoms with Gasteiger partial charge >= 0.3 is 0 Å². The lowest BCUT2D eigenvalue weighted by Gasteiger charge is -2.10. The molecule has 0 radical (unpaired) electrons. The molecule has 0 aliphatic rings. The number of hydrogen-bond donors (Lipinski definition) is 2. The molecule has 5 nitrogen and oxygen atoms in total. The van der Waals surface area contributed by atoms with Gasteiger partial charge in [-0.1, -0.05) is 12.2 Å². The Kier molecular flexibility index (Phi) is 4.47. The molecule has 0 bridgehead atoms. The molecule has 20 heavy (non-hydrogen) atoms. The summed E-state index contributed by atoms with van der Waals surface area (Å²) in [5.74, 6) is 1.46. The second kappa shape index (κ2) is 6.29. The van der Waals surface area contributed by atoms with Crippen molar-refractivity contribution in [2.45, 2.75) is 20.0 Å². The first kappa shape index (κ1) is 14.2. The Hall–Kier alpha value is -2.21. The number of nitrogens with one attached hydrogen (secondary N) is 1. The van der Waals surface area contributed by atoms with Gasteiger partial charge in [-0.2, -0.15) is 0 Å². The van der Waals surface area contributed by atoms with Gasteiger partial charge in [0.2, 0.25) is 0 Å². The van der Waals surface area contributed by atoms with Crippen molar-refractivity contribution in [2.24, 2.45) is 5.73 Å². The lowest BCUT2D eigenvalue weighted by atomic mass is 10.3. The van der Waals surface area contributed by atoms with Crippen molar-refractivity contribution in [3.8, 4) is 5.75 Å². The van der Waals surface area contributed by atoms with E-state index < -0.39 is 0 Å². The number of nitrogens with zero attached hydrogens (tertiary/aromatic N) is 2. The van der Waals surface area contributed by atoms with Crippen molar-refractivity contribution < 1.29 is 4.74 Å². The van der Waals surface area contributed by atoms with Crippen LogP contribution in [0.25, 0.3) is 0 Å². The van der Waals surface area contributed by atoms with E-state index >= 15 is 0 Å². The molecule has 0 amide bonds. The van der Waals surface area contributed by atoms with Crippen LogP contribution in [-0.4, -0.2) is 21.1 Å². The minimum absolute atomic E-state index is 0.160. The summed E-state index contributed by atoms with van der Waals surface area (Å²) in [7, 11) is 0. The van der Waals surface area contributed by atoms with Crippen LogP contribution in [0.3, 0.4) is 0 Å². The highest BCUT2D eigenvalue weighted by molar-refractivity contribution is 7.80. The van der Waals surface area contributed by atoms with Crippen LogP contribution in [0.1, 0.15) is 19.5 Å². The standard InChI is InChI=1S/C14H16N4OS/c1-9(2)19-11-5-3-10(4-6-11)18-13-8-16-12(7-17-13)14(15)20/h3-9H,1-2H3,(H2,15,20)(H,17,18). The van der Waals surface area contributed by atoms with Crippen LogP contribution in [0.4, 0.5) is 11.5 Å². The van der Waals surface area contributed by atoms with Gasteiger partial charge < -0.3 is 15.8 Å². The van der Waals surface area contributed by atoms with Crippen LogP contribution in [0.2, 0.25) is 0 Å². The molecule has 0 unspecified atom stereocenters. The molecule has 1 aromatic heterocycles. The number of thiocarbonyl (C=S) groups is 1. The fourth-order valence-corrected chi connectivity index (χ4v) is 1.66. The lowest BCUT2D eigenvalue weighted by molar-refractivity contribution is 0.242. The maximum atomic E-state index is 5.58. The van der Waals surface area contributed by atoms with Gasteiger partial charge in [0.15, 0.2) is 0 Å². The third-order valence-electron chi connectivity index (χ3n) is 2.40. The monoisotopic (exact) mass is 288 g/mol. The smallest absolute Gasteiger partial charge is 0.148 e. The molecule has 1 heterocycles. The van der Waals surface area contributed by atoms with E-state index in [4.69, 9.17) is 22.7 Å². The summed E-state index contributed by atoms with van der Waals surface area (Å²) in [5.41, 5.74) is 6.87. The number of nitrogens with two attached hydrogens (primary N) is 1. The van der Waals surface area contributed by atoms with Crippen molar-refractivity contribution in [3.63, 3.8) is 0 Å². The molecule has 0 spiro atoms. The predicted molar refractivity (Wildman–Crippen MR) is 83.4 cm³/mol. The number of hydrogen-bond acceptors (Lipinski definition) is 5. The molecule has 1 aromatic carbocycles. The molecule has 0 aliphatic carbocycles. The summed E-state index contributed by atoms with van der Waals surface area (Å²) in [6.45, 7) is 3.98. The van der Waals surface area contributed by atoms with E-state index in [1.54, 1.807) is 12.4 Å². The molecule has 6 heteroatoms. The first-order valence-electron chi connectivity index (χ1n) is 6.20. The number of rotatable bonds is 5. The average Bonchev–Trinajstić information content (AvgIpc) is 2.41. The zero-order valence-electron chi connectivity index (χ0n) is 11.3. The van der Waals surface area contributed by atoms with Crippen LogP contribution in [0.15, 0.2) is 36.7 Å². The summed E-state index contributed by atoms with van der Waals surface area (Å²) in [6.07, 6.45) is 3.29. The Labute approximate surface area is 123 Å². The van der Waals surface area contributed by atoms with Crippen molar-refractivity contribution in [2.75, 3.05) is 5.32 Å². The van der Waals surface area contributed by atoms with Crippen LogP contribution in [0.5, 0.6) is 5.75 Å². The minimum Gasteiger partial charge on any atom is -0.491 e. The number of benzene rings is 1. The van der Waals surface area contributed by atoms with Crippen LogP contribution >= 0.6 is 12.2 Å². The third kappa shape index (κ3) is 3.89. The van der Waals surface area contributed by atoms with Gasteiger partial charge in [-0.05, 0) is 38.1 Å². The quantitative estimate of drug-likeness (QED) is 0.824. The van der Waals surface area contributed by atoms with Gasteiger partial charge in [0, 0.05) is 5.69 Å². The second-order valence-corrected chi connectivity index (χ2v) is 4.91. The summed E-state index contributed by atoms with van der Waals surface area (Å²) >= 11 is 4.82. The van der Waals surface area contributed by atoms with Crippen molar-refractivity contribution >= 4 is 28.7 Å². The van der Waals surface area contributed by atoms with E-state index in [0.717, 1.165) is 11.4 Å². The molecule has 0 atom stereocenters. The van der Waals surface area contributed by atoms with Crippen molar-refractivity contribution in [1.82, 2.24) is 9.97 Å². The number of anilines is 2. The number of ether oxygens (including phenoxy) is 1. The fraction of sp³-hybridized carbons (Fsp3) is 0.214. The van der Waals surface area contributed by atoms with Crippen molar-refractivity contribution in [1.29, 1.82) is 0 Å². The first-order valence-corrected chi connectivity index (χ1v) is 6.61. The van der Waals surface area contributed by atoms with Gasteiger partial charge in [0.25, 0.3) is 0 Å². The summed E-state index contributed by atoms with van der Waals surface area (Å²) < 4.78 is 5.58. The molecule has 0 saturated heterocycles. The normalized spacial score (nSPS) is 10.3. The predicted octanol–water partition coefficient (Wildman–Crippen LogP) is 2.64. The lowest BCUT2D eigenvalue weighted by Crippen LogP contribution is -2.12. The molecule has 0 fully saturated rings. The second-order valence-electron chi connectivity index (χ2n) is 4.47. The Bertz CT molecular complexity index is 581. The Morgan fingerprint density at radius 1 is 1.20 bits per heavy atom. The molecule has 104 valence electrons. The summed E-state index contributed by atoms with van der Waals surface area (Å²) in [4.78, 5) is 8.54. The maximum absolute atomic E-state index is 5.58. The van der Waals surface area contributed by atoms with Gasteiger partial charge in [0.05, 0.1) is 18.5 Å². The Balaban J connectivity index is 2.04. The molecular weight excluding hydrogens is 272 g/mol. The Morgan fingerprint density at radius 2 is 1.90 bits per heavy atom. The molecule has 0 aliphatic heterocycles. The van der Waals surface area contributed by atoms with Gasteiger partial charge in [-0.3, -0.25) is 0 Å². The highest BCUT2D eigenvalue weighted by atomic mass is 32.1. The minimum atomic E-state index is 0.160.